The van der Waals surface area contributed by atoms with E-state index in [1.807, 2.05) is 30.3 Å². The van der Waals surface area contributed by atoms with Crippen LogP contribution in [0.15, 0.2) is 59.5 Å². The molecule has 0 saturated carbocycles. The summed E-state index contributed by atoms with van der Waals surface area (Å²) in [6.07, 6.45) is 0.379. The molecule has 0 saturated heterocycles. The lowest BCUT2D eigenvalue weighted by Crippen LogP contribution is -2.17. The molecule has 0 aliphatic heterocycles. The van der Waals surface area contributed by atoms with Crippen molar-refractivity contribution in [3.63, 3.8) is 0 Å². The highest BCUT2D eigenvalue weighted by Gasteiger charge is 2.28. The third kappa shape index (κ3) is 3.43. The first-order valence-corrected chi connectivity index (χ1v) is 8.27. The van der Waals surface area contributed by atoms with E-state index in [4.69, 9.17) is 10.5 Å². The minimum Gasteiger partial charge on any atom is -0.497 e. The van der Waals surface area contributed by atoms with Crippen LogP contribution in [0.25, 0.3) is 0 Å². The molecule has 0 aliphatic rings. The Morgan fingerprint density at radius 2 is 1.81 bits per heavy atom. The van der Waals surface area contributed by atoms with Crippen LogP contribution in [0.1, 0.15) is 17.2 Å². The number of methoxy groups -OCH3 is 1. The molecule has 0 heterocycles. The van der Waals surface area contributed by atoms with E-state index < -0.39 is 15.1 Å². The highest BCUT2D eigenvalue weighted by Crippen LogP contribution is 2.32. The summed E-state index contributed by atoms with van der Waals surface area (Å²) in [4.78, 5) is 0.254. The molecule has 5 heteroatoms. The Hall–Kier alpha value is -1.85. The number of rotatable bonds is 6. The lowest BCUT2D eigenvalue weighted by molar-refractivity contribution is 0.413. The molecule has 2 rings (SSSR count). The summed E-state index contributed by atoms with van der Waals surface area (Å²) >= 11 is 0. The summed E-state index contributed by atoms with van der Waals surface area (Å²) in [6.45, 7) is 0.308. The number of nitrogens with two attached hydrogens (primary N) is 1. The molecule has 0 aromatic heterocycles. The third-order valence-electron chi connectivity index (χ3n) is 3.34. The van der Waals surface area contributed by atoms with Crippen LogP contribution >= 0.6 is 0 Å². The van der Waals surface area contributed by atoms with Gasteiger partial charge in [0.1, 0.15) is 5.75 Å². The molecule has 0 bridgehead atoms. The fourth-order valence-electron chi connectivity index (χ4n) is 2.26. The van der Waals surface area contributed by atoms with Crippen molar-refractivity contribution in [1.29, 1.82) is 0 Å². The molecule has 21 heavy (non-hydrogen) atoms. The molecule has 4 nitrogen and oxygen atoms in total. The molecular weight excluding hydrogens is 286 g/mol. The van der Waals surface area contributed by atoms with E-state index in [-0.39, 0.29) is 4.90 Å². The van der Waals surface area contributed by atoms with E-state index in [0.29, 0.717) is 18.7 Å². The zero-order chi connectivity index (χ0) is 15.3. The van der Waals surface area contributed by atoms with Gasteiger partial charge in [-0.05, 0) is 36.7 Å². The monoisotopic (exact) mass is 305 g/mol. The van der Waals surface area contributed by atoms with Crippen molar-refractivity contribution in [3.05, 3.63) is 60.2 Å². The van der Waals surface area contributed by atoms with Gasteiger partial charge in [-0.15, -0.1) is 0 Å². The van der Waals surface area contributed by atoms with Crippen LogP contribution in [0.4, 0.5) is 0 Å². The zero-order valence-corrected chi connectivity index (χ0v) is 12.7. The summed E-state index contributed by atoms with van der Waals surface area (Å²) in [6, 6.07) is 15.7. The van der Waals surface area contributed by atoms with Crippen molar-refractivity contribution in [2.75, 3.05) is 13.7 Å². The van der Waals surface area contributed by atoms with Crippen molar-refractivity contribution < 1.29 is 13.2 Å². The van der Waals surface area contributed by atoms with Gasteiger partial charge < -0.3 is 10.5 Å². The summed E-state index contributed by atoms with van der Waals surface area (Å²) in [5.74, 6) is 0.524. The Bertz CT molecular complexity index is 684. The van der Waals surface area contributed by atoms with E-state index >= 15 is 0 Å². The van der Waals surface area contributed by atoms with Crippen LogP contribution < -0.4 is 10.5 Å². The SMILES string of the molecule is COc1cccc(S(=O)(=O)C(CCN)c2ccccc2)c1. The number of hydrogen-bond donors (Lipinski definition) is 1. The van der Waals surface area contributed by atoms with Crippen molar-refractivity contribution in [1.82, 2.24) is 0 Å². The molecule has 0 amide bonds. The predicted molar refractivity (Wildman–Crippen MR) is 83.0 cm³/mol. The number of benzene rings is 2. The van der Waals surface area contributed by atoms with E-state index in [0.717, 1.165) is 5.56 Å². The van der Waals surface area contributed by atoms with Gasteiger partial charge >= 0.3 is 0 Å². The van der Waals surface area contributed by atoms with Gasteiger partial charge in [0.2, 0.25) is 0 Å². The minimum absolute atomic E-state index is 0.254. The second kappa shape index (κ2) is 6.74. The van der Waals surface area contributed by atoms with E-state index in [1.165, 1.54) is 7.11 Å². The lowest BCUT2D eigenvalue weighted by atomic mass is 10.1. The topological polar surface area (TPSA) is 69.4 Å². The van der Waals surface area contributed by atoms with Gasteiger partial charge in [0.25, 0.3) is 0 Å². The quantitative estimate of drug-likeness (QED) is 0.890. The third-order valence-corrected chi connectivity index (χ3v) is 5.51. The molecule has 0 radical (unpaired) electrons. The van der Waals surface area contributed by atoms with Gasteiger partial charge in [0.05, 0.1) is 17.3 Å². The maximum absolute atomic E-state index is 12.9. The molecule has 0 spiro atoms. The molecule has 112 valence electrons. The Labute approximate surface area is 125 Å². The molecule has 0 fully saturated rings. The average Bonchev–Trinajstić information content (AvgIpc) is 2.53. The number of sulfone groups is 1. The normalized spacial score (nSPS) is 12.9. The van der Waals surface area contributed by atoms with E-state index in [2.05, 4.69) is 0 Å². The van der Waals surface area contributed by atoms with E-state index in [1.54, 1.807) is 24.3 Å². The molecule has 2 aromatic carbocycles. The average molecular weight is 305 g/mol. The molecule has 2 N–H and O–H groups in total. The smallest absolute Gasteiger partial charge is 0.185 e. The van der Waals surface area contributed by atoms with Crippen molar-refractivity contribution >= 4 is 9.84 Å². The molecule has 2 aromatic rings. The maximum atomic E-state index is 12.9. The van der Waals surface area contributed by atoms with Crippen LogP contribution in [0, 0.1) is 0 Å². The van der Waals surface area contributed by atoms with Gasteiger partial charge in [-0.3, -0.25) is 0 Å². The van der Waals surface area contributed by atoms with Crippen molar-refractivity contribution in [2.24, 2.45) is 5.73 Å². The summed E-state index contributed by atoms with van der Waals surface area (Å²) in [7, 11) is -1.99. The second-order valence-electron chi connectivity index (χ2n) is 4.70. The summed E-state index contributed by atoms with van der Waals surface area (Å²) in [5.41, 5.74) is 6.36. The standard InChI is InChI=1S/C16H19NO3S/c1-20-14-8-5-9-15(12-14)21(18,19)16(10-11-17)13-6-3-2-4-7-13/h2-9,12,16H,10-11,17H2,1H3. The summed E-state index contributed by atoms with van der Waals surface area (Å²) < 4.78 is 30.9. The van der Waals surface area contributed by atoms with Crippen LogP contribution in [0.3, 0.4) is 0 Å². The van der Waals surface area contributed by atoms with Gasteiger partial charge in [-0.25, -0.2) is 8.42 Å². The van der Waals surface area contributed by atoms with Gasteiger partial charge in [0, 0.05) is 0 Å². The van der Waals surface area contributed by atoms with Crippen LogP contribution in [0.2, 0.25) is 0 Å². The first-order chi connectivity index (χ1) is 10.1. The highest BCUT2D eigenvalue weighted by atomic mass is 32.2. The number of hydrogen-bond acceptors (Lipinski definition) is 4. The summed E-state index contributed by atoms with van der Waals surface area (Å²) in [5, 5.41) is -0.643. The minimum atomic E-state index is -3.51. The van der Waals surface area contributed by atoms with Gasteiger partial charge in [-0.2, -0.15) is 0 Å². The van der Waals surface area contributed by atoms with Gasteiger partial charge in [0.15, 0.2) is 9.84 Å². The molecule has 1 atom stereocenters. The Morgan fingerprint density at radius 1 is 1.10 bits per heavy atom. The Kier molecular flexibility index (Phi) is 4.98. The number of ether oxygens (including phenoxy) is 1. The highest BCUT2D eigenvalue weighted by molar-refractivity contribution is 7.91. The van der Waals surface area contributed by atoms with E-state index in [9.17, 15) is 8.42 Å². The van der Waals surface area contributed by atoms with Gasteiger partial charge in [-0.1, -0.05) is 36.4 Å². The van der Waals surface area contributed by atoms with Crippen molar-refractivity contribution in [3.8, 4) is 5.75 Å². The zero-order valence-electron chi connectivity index (χ0n) is 11.9. The second-order valence-corrected chi connectivity index (χ2v) is 6.83. The fraction of sp³-hybridized carbons (Fsp3) is 0.250. The fourth-order valence-corrected chi connectivity index (χ4v) is 4.10. The maximum Gasteiger partial charge on any atom is 0.185 e. The largest absolute Gasteiger partial charge is 0.497 e. The van der Waals surface area contributed by atoms with Crippen LogP contribution in [0.5, 0.6) is 5.75 Å². The predicted octanol–water partition coefficient (Wildman–Crippen LogP) is 2.56. The Morgan fingerprint density at radius 3 is 2.43 bits per heavy atom. The molecule has 1 unspecified atom stereocenters. The first-order valence-electron chi connectivity index (χ1n) is 6.72. The molecule has 0 aliphatic carbocycles. The van der Waals surface area contributed by atoms with Crippen molar-refractivity contribution in [2.45, 2.75) is 16.6 Å². The van der Waals surface area contributed by atoms with Crippen LogP contribution in [-0.2, 0) is 9.84 Å². The molecular formula is C16H19NO3S. The first kappa shape index (κ1) is 15.5. The van der Waals surface area contributed by atoms with Crippen LogP contribution in [-0.4, -0.2) is 22.1 Å². The Balaban J connectivity index is 2.47. The lowest BCUT2D eigenvalue weighted by Gasteiger charge is -2.18.